The van der Waals surface area contributed by atoms with E-state index in [0.29, 0.717) is 0 Å². The molecule has 0 bridgehead atoms. The van der Waals surface area contributed by atoms with Gasteiger partial charge in [0.05, 0.1) is 5.56 Å². The van der Waals surface area contributed by atoms with Crippen molar-refractivity contribution in [3.05, 3.63) is 35.1 Å². The highest BCUT2D eigenvalue weighted by Gasteiger charge is 2.23. The zero-order valence-electron chi connectivity index (χ0n) is 12.0. The molecule has 3 heteroatoms. The second-order valence-electron chi connectivity index (χ2n) is 6.30. The van der Waals surface area contributed by atoms with E-state index in [1.807, 2.05) is 0 Å². The third-order valence-electron chi connectivity index (χ3n) is 3.71. The second kappa shape index (κ2) is 5.32. The fraction of sp³-hybridized carbons (Fsp3) is 0.562. The molecule has 104 valence electrons. The second-order valence-corrected chi connectivity index (χ2v) is 6.30. The van der Waals surface area contributed by atoms with Crippen LogP contribution in [0, 0.1) is 5.82 Å². The van der Waals surface area contributed by atoms with Gasteiger partial charge in [0.15, 0.2) is 0 Å². The third kappa shape index (κ3) is 3.14. The molecule has 1 fully saturated rings. The Balaban J connectivity index is 2.30. The predicted octanol–water partition coefficient (Wildman–Crippen LogP) is 3.75. The molecular formula is C16H22FNO. The number of benzene rings is 1. The molecule has 0 N–H and O–H groups in total. The molecule has 1 aliphatic heterocycles. The van der Waals surface area contributed by atoms with Gasteiger partial charge in [-0.15, -0.1) is 0 Å². The minimum absolute atomic E-state index is 0.0787. The van der Waals surface area contributed by atoms with Crippen LogP contribution in [0.1, 0.15) is 56.0 Å². The Bertz CT molecular complexity index is 470. The molecule has 0 unspecified atom stereocenters. The molecule has 0 atom stereocenters. The summed E-state index contributed by atoms with van der Waals surface area (Å²) in [5, 5.41) is 0. The quantitative estimate of drug-likeness (QED) is 0.755. The SMILES string of the molecule is CC(C)(C)c1ccc(F)c(C(=O)N2CCCCC2)c1. The smallest absolute Gasteiger partial charge is 0.256 e. The number of nitrogens with zero attached hydrogens (tertiary/aromatic N) is 1. The molecule has 0 saturated carbocycles. The van der Waals surface area contributed by atoms with Gasteiger partial charge in [-0.1, -0.05) is 26.8 Å². The molecule has 1 aromatic carbocycles. The van der Waals surface area contributed by atoms with E-state index in [0.717, 1.165) is 37.9 Å². The summed E-state index contributed by atoms with van der Waals surface area (Å²) in [4.78, 5) is 14.2. The summed E-state index contributed by atoms with van der Waals surface area (Å²) in [5.74, 6) is -0.577. The molecule has 19 heavy (non-hydrogen) atoms. The lowest BCUT2D eigenvalue weighted by Crippen LogP contribution is -2.36. The van der Waals surface area contributed by atoms with Crippen molar-refractivity contribution in [3.8, 4) is 0 Å². The number of hydrogen-bond acceptors (Lipinski definition) is 1. The van der Waals surface area contributed by atoms with Crippen molar-refractivity contribution in [1.29, 1.82) is 0 Å². The topological polar surface area (TPSA) is 20.3 Å². The Hall–Kier alpha value is -1.38. The Kier molecular flexibility index (Phi) is 3.93. The number of piperidine rings is 1. The molecule has 1 heterocycles. The van der Waals surface area contributed by atoms with Crippen molar-refractivity contribution in [2.24, 2.45) is 0 Å². The molecular weight excluding hydrogens is 241 g/mol. The maximum absolute atomic E-state index is 13.9. The van der Waals surface area contributed by atoms with Gasteiger partial charge in [-0.25, -0.2) is 4.39 Å². The maximum atomic E-state index is 13.9. The van der Waals surface area contributed by atoms with E-state index in [1.165, 1.54) is 6.07 Å². The number of likely N-dealkylation sites (tertiary alicyclic amines) is 1. The third-order valence-corrected chi connectivity index (χ3v) is 3.71. The lowest BCUT2D eigenvalue weighted by Gasteiger charge is -2.27. The molecule has 2 nitrogen and oxygen atoms in total. The van der Waals surface area contributed by atoms with E-state index < -0.39 is 5.82 Å². The predicted molar refractivity (Wildman–Crippen MR) is 74.9 cm³/mol. The van der Waals surface area contributed by atoms with Crippen molar-refractivity contribution >= 4 is 5.91 Å². The molecule has 1 aliphatic rings. The first-order chi connectivity index (χ1) is 8.89. The number of hydrogen-bond donors (Lipinski definition) is 0. The van der Waals surface area contributed by atoms with Gasteiger partial charge in [0.2, 0.25) is 0 Å². The lowest BCUT2D eigenvalue weighted by molar-refractivity contribution is 0.0719. The van der Waals surface area contributed by atoms with Gasteiger partial charge in [0.1, 0.15) is 5.82 Å². The van der Waals surface area contributed by atoms with Crippen molar-refractivity contribution < 1.29 is 9.18 Å². The monoisotopic (exact) mass is 263 g/mol. The van der Waals surface area contributed by atoms with Gasteiger partial charge < -0.3 is 4.90 Å². The zero-order valence-corrected chi connectivity index (χ0v) is 12.0. The Labute approximate surface area is 114 Å². The number of halogens is 1. The van der Waals surface area contributed by atoms with Crippen LogP contribution in [-0.2, 0) is 5.41 Å². The van der Waals surface area contributed by atoms with Gasteiger partial charge in [0, 0.05) is 13.1 Å². The maximum Gasteiger partial charge on any atom is 0.256 e. The van der Waals surface area contributed by atoms with Crippen LogP contribution in [0.4, 0.5) is 4.39 Å². The number of rotatable bonds is 1. The Morgan fingerprint density at radius 1 is 1.16 bits per heavy atom. The van der Waals surface area contributed by atoms with Gasteiger partial charge in [0.25, 0.3) is 5.91 Å². The van der Waals surface area contributed by atoms with Crippen molar-refractivity contribution in [2.45, 2.75) is 45.4 Å². The first-order valence-corrected chi connectivity index (χ1v) is 6.99. The molecule has 2 rings (SSSR count). The van der Waals surface area contributed by atoms with Crippen LogP contribution < -0.4 is 0 Å². The highest BCUT2D eigenvalue weighted by Crippen LogP contribution is 2.25. The van der Waals surface area contributed by atoms with Gasteiger partial charge >= 0.3 is 0 Å². The summed E-state index contributed by atoms with van der Waals surface area (Å²) >= 11 is 0. The summed E-state index contributed by atoms with van der Waals surface area (Å²) in [7, 11) is 0. The van der Waals surface area contributed by atoms with E-state index in [-0.39, 0.29) is 16.9 Å². The van der Waals surface area contributed by atoms with Crippen molar-refractivity contribution in [1.82, 2.24) is 4.90 Å². The van der Waals surface area contributed by atoms with Gasteiger partial charge in [-0.05, 0) is 42.4 Å². The molecule has 1 amide bonds. The Morgan fingerprint density at radius 2 is 1.79 bits per heavy atom. The summed E-state index contributed by atoms with van der Waals surface area (Å²) in [6.45, 7) is 7.69. The van der Waals surface area contributed by atoms with E-state index in [2.05, 4.69) is 20.8 Å². The van der Waals surface area contributed by atoms with Crippen LogP contribution in [0.15, 0.2) is 18.2 Å². The van der Waals surface area contributed by atoms with Crippen LogP contribution >= 0.6 is 0 Å². The average molecular weight is 263 g/mol. The summed E-state index contributed by atoms with van der Waals surface area (Å²) in [6.07, 6.45) is 3.20. The van der Waals surface area contributed by atoms with Crippen LogP contribution in [0.5, 0.6) is 0 Å². The standard InChI is InChI=1S/C16H22FNO/c1-16(2,3)12-7-8-14(17)13(11-12)15(19)18-9-5-4-6-10-18/h7-8,11H,4-6,9-10H2,1-3H3. The fourth-order valence-corrected chi connectivity index (χ4v) is 2.42. The molecule has 1 saturated heterocycles. The van der Waals surface area contributed by atoms with E-state index >= 15 is 0 Å². The molecule has 0 spiro atoms. The van der Waals surface area contributed by atoms with Gasteiger partial charge in [-0.2, -0.15) is 0 Å². The van der Waals surface area contributed by atoms with Crippen LogP contribution in [-0.4, -0.2) is 23.9 Å². The van der Waals surface area contributed by atoms with Crippen LogP contribution in [0.2, 0.25) is 0 Å². The normalized spacial score (nSPS) is 16.5. The summed E-state index contributed by atoms with van der Waals surface area (Å²) in [5.41, 5.74) is 1.13. The highest BCUT2D eigenvalue weighted by molar-refractivity contribution is 5.94. The van der Waals surface area contributed by atoms with E-state index in [4.69, 9.17) is 0 Å². The first kappa shape index (κ1) is 14.0. The average Bonchev–Trinajstić information content (AvgIpc) is 2.38. The lowest BCUT2D eigenvalue weighted by atomic mass is 9.86. The molecule has 0 radical (unpaired) electrons. The van der Waals surface area contributed by atoms with Gasteiger partial charge in [-0.3, -0.25) is 4.79 Å². The molecule has 0 aromatic heterocycles. The number of amides is 1. The van der Waals surface area contributed by atoms with Crippen molar-refractivity contribution in [3.63, 3.8) is 0 Å². The largest absolute Gasteiger partial charge is 0.339 e. The number of carbonyl (C=O) groups excluding carboxylic acids is 1. The Morgan fingerprint density at radius 3 is 2.37 bits per heavy atom. The molecule has 0 aliphatic carbocycles. The summed E-state index contributed by atoms with van der Waals surface area (Å²) in [6, 6.07) is 4.90. The zero-order chi connectivity index (χ0) is 14.0. The molecule has 1 aromatic rings. The minimum atomic E-state index is -0.413. The first-order valence-electron chi connectivity index (χ1n) is 6.99. The minimum Gasteiger partial charge on any atom is -0.339 e. The number of carbonyl (C=O) groups is 1. The van der Waals surface area contributed by atoms with Crippen LogP contribution in [0.3, 0.4) is 0 Å². The van der Waals surface area contributed by atoms with Crippen molar-refractivity contribution in [2.75, 3.05) is 13.1 Å². The highest BCUT2D eigenvalue weighted by atomic mass is 19.1. The van der Waals surface area contributed by atoms with E-state index in [9.17, 15) is 9.18 Å². The van der Waals surface area contributed by atoms with Crippen LogP contribution in [0.25, 0.3) is 0 Å². The fourth-order valence-electron chi connectivity index (χ4n) is 2.42. The summed E-state index contributed by atoms with van der Waals surface area (Å²) < 4.78 is 13.9. The van der Waals surface area contributed by atoms with E-state index in [1.54, 1.807) is 17.0 Å².